The minimum atomic E-state index is 0.371. The van der Waals surface area contributed by atoms with E-state index in [0.717, 1.165) is 18.5 Å². The van der Waals surface area contributed by atoms with Crippen LogP contribution in [-0.4, -0.2) is 31.8 Å². The predicted octanol–water partition coefficient (Wildman–Crippen LogP) is 3.79. The fraction of sp³-hybridized carbons (Fsp3) is 0.263. The van der Waals surface area contributed by atoms with Crippen molar-refractivity contribution in [1.82, 2.24) is 25.2 Å². The zero-order valence-corrected chi connectivity index (χ0v) is 14.9. The largest absolute Gasteiger partial charge is 0.459 e. The first-order chi connectivity index (χ1) is 13.3. The normalized spacial score (nSPS) is 11.3. The Balaban J connectivity index is 1.45. The molecule has 138 valence electrons. The average molecular weight is 365 g/mol. The number of nitrogens with zero attached hydrogens (tertiary/aromatic N) is 5. The van der Waals surface area contributed by atoms with Crippen molar-refractivity contribution in [2.45, 2.75) is 26.4 Å². The summed E-state index contributed by atoms with van der Waals surface area (Å²) in [5.41, 5.74) is 0.925. The second kappa shape index (κ2) is 7.96. The molecular weight excluding hydrogens is 346 g/mol. The van der Waals surface area contributed by atoms with E-state index in [1.807, 2.05) is 30.3 Å². The van der Waals surface area contributed by atoms with E-state index in [0.29, 0.717) is 42.3 Å². The molecule has 0 unspecified atom stereocenters. The summed E-state index contributed by atoms with van der Waals surface area (Å²) in [5, 5.41) is 12.2. The molecule has 0 bridgehead atoms. The van der Waals surface area contributed by atoms with Gasteiger partial charge in [0, 0.05) is 5.56 Å². The molecule has 0 aliphatic carbocycles. The van der Waals surface area contributed by atoms with E-state index in [1.54, 1.807) is 18.4 Å². The minimum Gasteiger partial charge on any atom is -0.459 e. The van der Waals surface area contributed by atoms with Gasteiger partial charge in [0.25, 0.3) is 5.89 Å². The lowest BCUT2D eigenvalue weighted by Crippen LogP contribution is -2.24. The Kier molecular flexibility index (Phi) is 5.06. The lowest BCUT2D eigenvalue weighted by Gasteiger charge is -2.16. The highest BCUT2D eigenvalue weighted by atomic mass is 16.5. The van der Waals surface area contributed by atoms with Crippen molar-refractivity contribution in [3.8, 4) is 23.0 Å². The predicted molar refractivity (Wildman–Crippen MR) is 96.1 cm³/mol. The van der Waals surface area contributed by atoms with Crippen molar-refractivity contribution in [3.63, 3.8) is 0 Å². The van der Waals surface area contributed by atoms with Gasteiger partial charge >= 0.3 is 0 Å². The van der Waals surface area contributed by atoms with Gasteiger partial charge in [0.05, 0.1) is 19.4 Å². The highest BCUT2D eigenvalue weighted by Crippen LogP contribution is 2.20. The summed E-state index contributed by atoms with van der Waals surface area (Å²) in [6.07, 6.45) is 2.54. The van der Waals surface area contributed by atoms with Crippen molar-refractivity contribution in [2.75, 3.05) is 6.54 Å². The van der Waals surface area contributed by atoms with Crippen LogP contribution in [0.15, 0.2) is 62.1 Å². The maximum Gasteiger partial charge on any atom is 0.283 e. The number of hydrogen-bond donors (Lipinski definition) is 0. The SMILES string of the molecule is CCCN(Cc1nc(-c2ccccc2)no1)Cc1nnc(-c2ccco2)o1. The second-order valence-electron chi connectivity index (χ2n) is 6.07. The van der Waals surface area contributed by atoms with Gasteiger partial charge in [-0.15, -0.1) is 10.2 Å². The van der Waals surface area contributed by atoms with Gasteiger partial charge in [-0.25, -0.2) is 0 Å². The van der Waals surface area contributed by atoms with E-state index in [9.17, 15) is 0 Å². The van der Waals surface area contributed by atoms with Crippen LogP contribution in [-0.2, 0) is 13.1 Å². The van der Waals surface area contributed by atoms with Crippen LogP contribution < -0.4 is 0 Å². The summed E-state index contributed by atoms with van der Waals surface area (Å²) in [7, 11) is 0. The lowest BCUT2D eigenvalue weighted by molar-refractivity contribution is 0.201. The Labute approximate surface area is 155 Å². The topological polar surface area (TPSA) is 94.2 Å². The molecule has 8 heteroatoms. The van der Waals surface area contributed by atoms with Crippen molar-refractivity contribution < 1.29 is 13.4 Å². The highest BCUT2D eigenvalue weighted by molar-refractivity contribution is 5.53. The Morgan fingerprint density at radius 3 is 2.59 bits per heavy atom. The molecule has 0 aliphatic rings. The van der Waals surface area contributed by atoms with Gasteiger partial charge in [0.1, 0.15) is 0 Å². The van der Waals surface area contributed by atoms with E-state index < -0.39 is 0 Å². The maximum atomic E-state index is 5.69. The third kappa shape index (κ3) is 4.12. The smallest absolute Gasteiger partial charge is 0.283 e. The Hall–Kier alpha value is -3.26. The van der Waals surface area contributed by atoms with Gasteiger partial charge < -0.3 is 13.4 Å². The van der Waals surface area contributed by atoms with Crippen LogP contribution in [0.4, 0.5) is 0 Å². The molecule has 0 radical (unpaired) electrons. The quantitative estimate of drug-likeness (QED) is 0.465. The molecule has 4 rings (SSSR count). The number of rotatable bonds is 8. The standard InChI is InChI=1S/C19H19N5O3/c1-2-10-24(13-17-21-22-19(26-17)15-9-6-11-25-15)12-16-20-18(23-27-16)14-7-4-3-5-8-14/h3-9,11H,2,10,12-13H2,1H3. The molecule has 0 aliphatic heterocycles. The van der Waals surface area contributed by atoms with E-state index in [-0.39, 0.29) is 0 Å². The van der Waals surface area contributed by atoms with Crippen molar-refractivity contribution in [2.24, 2.45) is 0 Å². The molecule has 1 aromatic carbocycles. The van der Waals surface area contributed by atoms with Crippen LogP contribution in [0, 0.1) is 0 Å². The molecule has 0 N–H and O–H groups in total. The van der Waals surface area contributed by atoms with Crippen molar-refractivity contribution >= 4 is 0 Å². The molecule has 3 aromatic heterocycles. The van der Waals surface area contributed by atoms with Gasteiger partial charge in [0.2, 0.25) is 17.6 Å². The Morgan fingerprint density at radius 1 is 0.963 bits per heavy atom. The number of aromatic nitrogens is 4. The van der Waals surface area contributed by atoms with Crippen LogP contribution in [0.25, 0.3) is 23.0 Å². The van der Waals surface area contributed by atoms with Crippen LogP contribution in [0.2, 0.25) is 0 Å². The van der Waals surface area contributed by atoms with Crippen LogP contribution in [0.5, 0.6) is 0 Å². The monoisotopic (exact) mass is 365 g/mol. The summed E-state index contributed by atoms with van der Waals surface area (Å²) in [4.78, 5) is 6.62. The number of hydrogen-bond acceptors (Lipinski definition) is 8. The zero-order chi connectivity index (χ0) is 18.5. The summed E-state index contributed by atoms with van der Waals surface area (Å²) in [5.74, 6) is 2.57. The molecule has 0 spiro atoms. The molecule has 0 saturated carbocycles. The van der Waals surface area contributed by atoms with Crippen molar-refractivity contribution in [3.05, 3.63) is 60.5 Å². The molecule has 3 heterocycles. The van der Waals surface area contributed by atoms with E-state index in [4.69, 9.17) is 13.4 Å². The summed E-state index contributed by atoms with van der Waals surface area (Å²) >= 11 is 0. The number of benzene rings is 1. The Bertz CT molecular complexity index is 962. The first-order valence-corrected chi connectivity index (χ1v) is 8.78. The first-order valence-electron chi connectivity index (χ1n) is 8.78. The molecule has 27 heavy (non-hydrogen) atoms. The molecule has 8 nitrogen and oxygen atoms in total. The maximum absolute atomic E-state index is 5.69. The molecule has 0 saturated heterocycles. The Morgan fingerprint density at radius 2 is 1.81 bits per heavy atom. The van der Waals surface area contributed by atoms with Gasteiger partial charge in [-0.2, -0.15) is 4.98 Å². The van der Waals surface area contributed by atoms with Crippen LogP contribution >= 0.6 is 0 Å². The molecular formula is C19H19N5O3. The molecule has 0 fully saturated rings. The first kappa shape index (κ1) is 17.2. The third-order valence-electron chi connectivity index (χ3n) is 3.96. The van der Waals surface area contributed by atoms with Crippen molar-refractivity contribution in [1.29, 1.82) is 0 Å². The molecule has 0 atom stereocenters. The van der Waals surface area contributed by atoms with Gasteiger partial charge in [-0.1, -0.05) is 42.4 Å². The minimum absolute atomic E-state index is 0.371. The third-order valence-corrected chi connectivity index (χ3v) is 3.96. The van der Waals surface area contributed by atoms with E-state index in [1.165, 1.54) is 0 Å². The molecule has 4 aromatic rings. The van der Waals surface area contributed by atoms with Crippen LogP contribution in [0.1, 0.15) is 25.1 Å². The van der Waals surface area contributed by atoms with Gasteiger partial charge in [0.15, 0.2) is 5.76 Å². The second-order valence-corrected chi connectivity index (χ2v) is 6.07. The van der Waals surface area contributed by atoms with E-state index >= 15 is 0 Å². The fourth-order valence-corrected chi connectivity index (χ4v) is 2.75. The van der Waals surface area contributed by atoms with Gasteiger partial charge in [-0.05, 0) is 25.1 Å². The molecule has 0 amide bonds. The number of furan rings is 1. The summed E-state index contributed by atoms with van der Waals surface area (Å²) in [6.45, 7) is 3.94. The van der Waals surface area contributed by atoms with Gasteiger partial charge in [-0.3, -0.25) is 4.90 Å². The highest BCUT2D eigenvalue weighted by Gasteiger charge is 2.17. The fourth-order valence-electron chi connectivity index (χ4n) is 2.75. The summed E-state index contributed by atoms with van der Waals surface area (Å²) < 4.78 is 16.4. The lowest BCUT2D eigenvalue weighted by atomic mass is 10.2. The summed E-state index contributed by atoms with van der Waals surface area (Å²) in [6, 6.07) is 13.3. The van der Waals surface area contributed by atoms with Crippen LogP contribution in [0.3, 0.4) is 0 Å². The van der Waals surface area contributed by atoms with E-state index in [2.05, 4.69) is 32.2 Å². The zero-order valence-electron chi connectivity index (χ0n) is 14.9. The average Bonchev–Trinajstić information content (AvgIpc) is 3.44.